The van der Waals surface area contributed by atoms with E-state index in [1.54, 1.807) is 45.9 Å². The molecule has 1 amide bonds. The van der Waals surface area contributed by atoms with Gasteiger partial charge in [0, 0.05) is 17.0 Å². The highest BCUT2D eigenvalue weighted by molar-refractivity contribution is 7.99. The van der Waals surface area contributed by atoms with Crippen LogP contribution in [0.1, 0.15) is 45.2 Å². The number of aldehydes is 1. The first-order chi connectivity index (χ1) is 16.7. The third-order valence-electron chi connectivity index (χ3n) is 4.82. The van der Waals surface area contributed by atoms with Crippen molar-refractivity contribution in [3.05, 3.63) is 52.5 Å². The lowest BCUT2D eigenvalue weighted by atomic mass is 9.95. The molecule has 0 saturated heterocycles. The molecule has 0 aliphatic heterocycles. The largest absolute Gasteiger partial charge is 0.466 e. The molecule has 0 saturated carbocycles. The highest BCUT2D eigenvalue weighted by atomic mass is 35.5. The fraction of sp³-hybridized carbons (Fsp3) is 0.440. The minimum atomic E-state index is -4.50. The zero-order chi connectivity index (χ0) is 27.1. The van der Waals surface area contributed by atoms with E-state index in [1.165, 1.54) is 13.2 Å². The van der Waals surface area contributed by atoms with Gasteiger partial charge in [0.2, 0.25) is 0 Å². The Kier molecular flexibility index (Phi) is 10.1. The van der Waals surface area contributed by atoms with Crippen LogP contribution in [0.3, 0.4) is 0 Å². The molecule has 1 atom stereocenters. The number of aryl methyl sites for hydroxylation is 1. The van der Waals surface area contributed by atoms with Gasteiger partial charge in [-0.25, -0.2) is 4.79 Å². The van der Waals surface area contributed by atoms with E-state index in [4.69, 9.17) is 25.8 Å². The van der Waals surface area contributed by atoms with Crippen molar-refractivity contribution in [3.8, 4) is 5.75 Å². The number of rotatable bonds is 10. The SMILES string of the molecule is COCOc1ccc(C(F)(F)F)cc1Sc1ccc(CCC(C)(C=O)NC(=O)OC(C)(C)C)c(Cl)c1. The predicted octanol–water partition coefficient (Wildman–Crippen LogP) is 6.91. The number of carbonyl (C=O) groups excluding carboxylic acids is 2. The zero-order valence-corrected chi connectivity index (χ0v) is 22.2. The van der Waals surface area contributed by atoms with Gasteiger partial charge in [0.05, 0.1) is 16.0 Å². The van der Waals surface area contributed by atoms with Crippen molar-refractivity contribution < 1.29 is 37.0 Å². The summed E-state index contributed by atoms with van der Waals surface area (Å²) >= 11 is 7.51. The van der Waals surface area contributed by atoms with Crippen molar-refractivity contribution >= 4 is 35.7 Å². The van der Waals surface area contributed by atoms with E-state index in [0.29, 0.717) is 28.2 Å². The summed E-state index contributed by atoms with van der Waals surface area (Å²) in [4.78, 5) is 24.6. The molecule has 0 spiro atoms. The molecule has 0 heterocycles. The number of amides is 1. The molecule has 0 fully saturated rings. The minimum absolute atomic E-state index is 0.120. The second-order valence-corrected chi connectivity index (χ2v) is 10.8. The molecule has 0 radical (unpaired) electrons. The molecule has 198 valence electrons. The van der Waals surface area contributed by atoms with Crippen LogP contribution in [0.25, 0.3) is 0 Å². The third kappa shape index (κ3) is 9.22. The Hall–Kier alpha value is -2.43. The van der Waals surface area contributed by atoms with Gasteiger partial charge in [0.25, 0.3) is 0 Å². The van der Waals surface area contributed by atoms with Gasteiger partial charge in [0.15, 0.2) is 6.79 Å². The number of hydrogen-bond donors (Lipinski definition) is 1. The molecule has 0 aromatic heterocycles. The second-order valence-electron chi connectivity index (χ2n) is 9.23. The number of benzene rings is 2. The molecule has 1 unspecified atom stereocenters. The van der Waals surface area contributed by atoms with Crippen molar-refractivity contribution in [3.63, 3.8) is 0 Å². The molecule has 0 aliphatic rings. The Morgan fingerprint density at radius 1 is 1.11 bits per heavy atom. The van der Waals surface area contributed by atoms with Crippen LogP contribution in [0.5, 0.6) is 5.75 Å². The summed E-state index contributed by atoms with van der Waals surface area (Å²) < 4.78 is 55.2. The Morgan fingerprint density at radius 3 is 2.36 bits per heavy atom. The van der Waals surface area contributed by atoms with Gasteiger partial charge in [-0.15, -0.1) is 0 Å². The number of hydrogen-bond acceptors (Lipinski definition) is 6. The van der Waals surface area contributed by atoms with Crippen molar-refractivity contribution in [1.29, 1.82) is 0 Å². The smallest absolute Gasteiger partial charge is 0.416 e. The van der Waals surface area contributed by atoms with Crippen molar-refractivity contribution in [2.45, 2.75) is 67.6 Å². The number of halogens is 4. The Labute approximate surface area is 217 Å². The topological polar surface area (TPSA) is 73.9 Å². The number of ether oxygens (including phenoxy) is 3. The van der Waals surface area contributed by atoms with E-state index < -0.39 is 29.0 Å². The highest BCUT2D eigenvalue weighted by Crippen LogP contribution is 2.40. The van der Waals surface area contributed by atoms with Crippen LogP contribution in [0, 0.1) is 0 Å². The van der Waals surface area contributed by atoms with Gasteiger partial charge in [0.1, 0.15) is 17.6 Å². The molecular weight excluding hydrogens is 519 g/mol. The Bertz CT molecular complexity index is 1070. The summed E-state index contributed by atoms with van der Waals surface area (Å²) in [5, 5.41) is 2.95. The second kappa shape index (κ2) is 12.2. The summed E-state index contributed by atoms with van der Waals surface area (Å²) in [6.45, 7) is 6.62. The Morgan fingerprint density at radius 2 is 1.81 bits per heavy atom. The van der Waals surface area contributed by atoms with E-state index in [-0.39, 0.29) is 23.9 Å². The van der Waals surface area contributed by atoms with Crippen LogP contribution in [0.4, 0.5) is 18.0 Å². The summed E-state index contributed by atoms with van der Waals surface area (Å²) in [6, 6.07) is 8.27. The average molecular weight is 548 g/mol. The molecule has 2 aromatic carbocycles. The average Bonchev–Trinajstić information content (AvgIpc) is 2.75. The number of alkyl halides is 3. The van der Waals surface area contributed by atoms with Crippen LogP contribution in [-0.4, -0.2) is 37.4 Å². The van der Waals surface area contributed by atoms with Gasteiger partial charge < -0.3 is 24.3 Å². The zero-order valence-electron chi connectivity index (χ0n) is 20.6. The number of nitrogens with one attached hydrogen (secondary N) is 1. The highest BCUT2D eigenvalue weighted by Gasteiger charge is 2.31. The molecular formula is C25H29ClF3NO5S. The van der Waals surface area contributed by atoms with Gasteiger partial charge in [-0.3, -0.25) is 0 Å². The van der Waals surface area contributed by atoms with Gasteiger partial charge >= 0.3 is 12.3 Å². The Balaban J connectivity index is 2.17. The maximum Gasteiger partial charge on any atom is 0.416 e. The van der Waals surface area contributed by atoms with Gasteiger partial charge in [-0.2, -0.15) is 13.2 Å². The van der Waals surface area contributed by atoms with E-state index >= 15 is 0 Å². The van der Waals surface area contributed by atoms with Gasteiger partial charge in [-0.1, -0.05) is 29.4 Å². The monoisotopic (exact) mass is 547 g/mol. The van der Waals surface area contributed by atoms with E-state index in [2.05, 4.69) is 5.32 Å². The quantitative estimate of drug-likeness (QED) is 0.257. The number of methoxy groups -OCH3 is 1. The molecule has 36 heavy (non-hydrogen) atoms. The normalized spacial score (nSPS) is 13.6. The fourth-order valence-corrected chi connectivity index (χ4v) is 4.33. The molecule has 6 nitrogen and oxygen atoms in total. The van der Waals surface area contributed by atoms with Crippen molar-refractivity contribution in [2.24, 2.45) is 0 Å². The maximum absolute atomic E-state index is 13.2. The van der Waals surface area contributed by atoms with Crippen LogP contribution in [0.15, 0.2) is 46.2 Å². The first-order valence-electron chi connectivity index (χ1n) is 10.9. The number of carbonyl (C=O) groups is 2. The van der Waals surface area contributed by atoms with E-state index in [9.17, 15) is 22.8 Å². The first kappa shape index (κ1) is 29.8. The lowest BCUT2D eigenvalue weighted by Crippen LogP contribution is -2.49. The molecule has 11 heteroatoms. The fourth-order valence-electron chi connectivity index (χ4n) is 3.01. The standard InChI is InChI=1S/C25H29ClF3NO5S/c1-23(2,3)35-22(32)30-24(4,14-31)11-10-16-6-8-18(13-19(16)26)36-21-12-17(25(27,28)29)7-9-20(21)34-15-33-5/h6-9,12-14H,10-11,15H2,1-5H3,(H,30,32). The van der Waals surface area contributed by atoms with Crippen molar-refractivity contribution in [1.82, 2.24) is 5.32 Å². The minimum Gasteiger partial charge on any atom is -0.466 e. The molecule has 0 bridgehead atoms. The third-order valence-corrected chi connectivity index (χ3v) is 6.20. The summed E-state index contributed by atoms with van der Waals surface area (Å²) in [5.41, 5.74) is -1.98. The molecule has 2 rings (SSSR count). The van der Waals surface area contributed by atoms with Crippen LogP contribution < -0.4 is 10.1 Å². The predicted molar refractivity (Wildman–Crippen MR) is 132 cm³/mol. The van der Waals surface area contributed by atoms with Gasteiger partial charge in [-0.05, 0) is 76.4 Å². The molecule has 1 N–H and O–H groups in total. The first-order valence-corrected chi connectivity index (χ1v) is 12.1. The van der Waals surface area contributed by atoms with Crippen LogP contribution >= 0.6 is 23.4 Å². The maximum atomic E-state index is 13.2. The van der Waals surface area contributed by atoms with Crippen molar-refractivity contribution in [2.75, 3.05) is 13.9 Å². The van der Waals surface area contributed by atoms with E-state index in [0.717, 1.165) is 23.9 Å². The summed E-state index contributed by atoms with van der Waals surface area (Å²) in [6.07, 6.45) is -3.95. The van der Waals surface area contributed by atoms with Crippen LogP contribution in [0.2, 0.25) is 5.02 Å². The molecule has 2 aromatic rings. The summed E-state index contributed by atoms with van der Waals surface area (Å²) in [7, 11) is 1.41. The molecule has 0 aliphatic carbocycles. The summed E-state index contributed by atoms with van der Waals surface area (Å²) in [5.74, 6) is 0.241. The van der Waals surface area contributed by atoms with Crippen LogP contribution in [-0.2, 0) is 26.9 Å². The lowest BCUT2D eigenvalue weighted by Gasteiger charge is -2.27. The van der Waals surface area contributed by atoms with E-state index in [1.807, 2.05) is 0 Å². The lowest BCUT2D eigenvalue weighted by molar-refractivity contribution is -0.137. The number of alkyl carbamates (subject to hydrolysis) is 1.